The third kappa shape index (κ3) is 4.19. The fourth-order valence-corrected chi connectivity index (χ4v) is 1.95. The highest BCUT2D eigenvalue weighted by molar-refractivity contribution is 5.18. The number of hydrogen-bond acceptors (Lipinski definition) is 1. The molecule has 1 N–H and O–H groups in total. The van der Waals surface area contributed by atoms with E-state index in [0.717, 1.165) is 19.3 Å². The van der Waals surface area contributed by atoms with E-state index in [2.05, 4.69) is 37.8 Å². The van der Waals surface area contributed by atoms with Crippen molar-refractivity contribution >= 4 is 0 Å². The Balaban J connectivity index is 2.40. The van der Waals surface area contributed by atoms with Crippen LogP contribution in [0.2, 0.25) is 0 Å². The highest BCUT2D eigenvalue weighted by Gasteiger charge is 2.09. The average molecular weight is 218 g/mol. The van der Waals surface area contributed by atoms with Gasteiger partial charge in [-0.05, 0) is 36.7 Å². The van der Waals surface area contributed by atoms with Crippen LogP contribution in [-0.4, -0.2) is 11.7 Å². The Hall–Kier alpha value is -1.08. The zero-order chi connectivity index (χ0) is 11.8. The van der Waals surface area contributed by atoms with E-state index in [9.17, 15) is 5.11 Å². The van der Waals surface area contributed by atoms with Crippen LogP contribution in [0.1, 0.15) is 37.7 Å². The number of allylic oxidation sites excluding steroid dienone is 1. The largest absolute Gasteiger partial charge is 0.396 e. The van der Waals surface area contributed by atoms with E-state index < -0.39 is 0 Å². The van der Waals surface area contributed by atoms with Crippen molar-refractivity contribution in [2.45, 2.75) is 32.1 Å². The highest BCUT2D eigenvalue weighted by Crippen LogP contribution is 2.23. The smallest absolute Gasteiger partial charge is 0.0462 e. The van der Waals surface area contributed by atoms with Gasteiger partial charge in [-0.1, -0.05) is 43.3 Å². The molecule has 0 spiro atoms. The first-order chi connectivity index (χ1) is 7.77. The Morgan fingerprint density at radius 2 is 1.94 bits per heavy atom. The predicted molar refractivity (Wildman–Crippen MR) is 69.5 cm³/mol. The second-order valence-electron chi connectivity index (χ2n) is 4.46. The Morgan fingerprint density at radius 3 is 2.50 bits per heavy atom. The number of rotatable bonds is 7. The summed E-state index contributed by atoms with van der Waals surface area (Å²) in [5.74, 6) is 0.948. The lowest BCUT2D eigenvalue weighted by atomic mass is 9.91. The van der Waals surface area contributed by atoms with Crippen molar-refractivity contribution < 1.29 is 5.11 Å². The lowest BCUT2D eigenvalue weighted by Crippen LogP contribution is -2.06. The molecule has 1 nitrogen and oxygen atoms in total. The molecule has 0 amide bonds. The van der Waals surface area contributed by atoms with Crippen LogP contribution in [0.3, 0.4) is 0 Å². The zero-order valence-electron chi connectivity index (χ0n) is 10.1. The van der Waals surface area contributed by atoms with Crippen molar-refractivity contribution in [1.82, 2.24) is 0 Å². The van der Waals surface area contributed by atoms with Gasteiger partial charge in [0.1, 0.15) is 0 Å². The van der Waals surface area contributed by atoms with Crippen LogP contribution in [0.5, 0.6) is 0 Å². The Bertz CT molecular complexity index is 292. The second-order valence-corrected chi connectivity index (χ2v) is 4.46. The Kier molecular flexibility index (Phi) is 5.87. The van der Waals surface area contributed by atoms with Gasteiger partial charge in [0.2, 0.25) is 0 Å². The summed E-state index contributed by atoms with van der Waals surface area (Å²) >= 11 is 0. The first-order valence-electron chi connectivity index (χ1n) is 6.04. The van der Waals surface area contributed by atoms with Gasteiger partial charge in [0.05, 0.1) is 0 Å². The number of aliphatic hydroxyl groups is 1. The summed E-state index contributed by atoms with van der Waals surface area (Å²) in [6.45, 7) is 6.24. The van der Waals surface area contributed by atoms with Gasteiger partial charge in [0.15, 0.2) is 0 Å². The van der Waals surface area contributed by atoms with Gasteiger partial charge in [0, 0.05) is 6.61 Å². The number of aliphatic hydroxyl groups excluding tert-OH is 1. The molecule has 0 bridgehead atoms. The fraction of sp³-hybridized carbons (Fsp3) is 0.467. The number of benzene rings is 1. The van der Waals surface area contributed by atoms with Gasteiger partial charge in [-0.15, -0.1) is 6.58 Å². The van der Waals surface area contributed by atoms with Crippen molar-refractivity contribution in [3.8, 4) is 0 Å². The molecule has 16 heavy (non-hydrogen) atoms. The highest BCUT2D eigenvalue weighted by atomic mass is 16.3. The van der Waals surface area contributed by atoms with Crippen molar-refractivity contribution in [2.24, 2.45) is 5.92 Å². The summed E-state index contributed by atoms with van der Waals surface area (Å²) in [4.78, 5) is 0. The van der Waals surface area contributed by atoms with Crippen LogP contribution in [0.15, 0.2) is 43.0 Å². The molecule has 0 saturated carbocycles. The molecule has 2 atom stereocenters. The minimum atomic E-state index is 0.271. The molecule has 0 aromatic heterocycles. The predicted octanol–water partition coefficient (Wildman–Crippen LogP) is 3.75. The SMILES string of the molecule is C=CCC(CO)CCC(C)c1ccccc1. The molecule has 1 aromatic rings. The Labute approximate surface area is 98.8 Å². The summed E-state index contributed by atoms with van der Waals surface area (Å²) in [6, 6.07) is 10.6. The Morgan fingerprint density at radius 1 is 1.25 bits per heavy atom. The van der Waals surface area contributed by atoms with Gasteiger partial charge < -0.3 is 5.11 Å². The summed E-state index contributed by atoms with van der Waals surface area (Å²) in [5, 5.41) is 9.19. The topological polar surface area (TPSA) is 20.2 Å². The van der Waals surface area contributed by atoms with Crippen LogP contribution in [0.25, 0.3) is 0 Å². The van der Waals surface area contributed by atoms with Gasteiger partial charge >= 0.3 is 0 Å². The standard InChI is InChI=1S/C15H22O/c1-3-7-14(12-16)11-10-13(2)15-8-5-4-6-9-15/h3-6,8-9,13-14,16H,1,7,10-12H2,2H3. The molecular weight excluding hydrogens is 196 g/mol. The summed E-state index contributed by atoms with van der Waals surface area (Å²) in [7, 11) is 0. The second kappa shape index (κ2) is 7.24. The lowest BCUT2D eigenvalue weighted by Gasteiger charge is -2.16. The van der Waals surface area contributed by atoms with Crippen LogP contribution in [0, 0.1) is 5.92 Å². The average Bonchev–Trinajstić information content (AvgIpc) is 2.35. The normalized spacial score (nSPS) is 14.4. The molecule has 1 rings (SSSR count). The summed E-state index contributed by atoms with van der Waals surface area (Å²) < 4.78 is 0. The summed E-state index contributed by atoms with van der Waals surface area (Å²) in [6.07, 6.45) is 5.01. The molecule has 0 aliphatic carbocycles. The van der Waals surface area contributed by atoms with Crippen molar-refractivity contribution in [1.29, 1.82) is 0 Å². The molecule has 0 heterocycles. The van der Waals surface area contributed by atoms with Gasteiger partial charge in [-0.2, -0.15) is 0 Å². The summed E-state index contributed by atoms with van der Waals surface area (Å²) in [5.41, 5.74) is 1.39. The third-order valence-electron chi connectivity index (χ3n) is 3.13. The quantitative estimate of drug-likeness (QED) is 0.691. The fourth-order valence-electron chi connectivity index (χ4n) is 1.95. The van der Waals surface area contributed by atoms with Gasteiger partial charge in [-0.3, -0.25) is 0 Å². The van der Waals surface area contributed by atoms with Gasteiger partial charge in [-0.25, -0.2) is 0 Å². The van der Waals surface area contributed by atoms with E-state index in [1.807, 2.05) is 12.1 Å². The van der Waals surface area contributed by atoms with Crippen LogP contribution >= 0.6 is 0 Å². The number of hydrogen-bond donors (Lipinski definition) is 1. The molecule has 1 heteroatoms. The van der Waals surface area contributed by atoms with Gasteiger partial charge in [0.25, 0.3) is 0 Å². The maximum Gasteiger partial charge on any atom is 0.0462 e. The molecule has 88 valence electrons. The van der Waals surface area contributed by atoms with Crippen LogP contribution < -0.4 is 0 Å². The lowest BCUT2D eigenvalue weighted by molar-refractivity contribution is 0.216. The molecule has 0 radical (unpaired) electrons. The molecular formula is C15H22O. The molecule has 0 aliphatic heterocycles. The minimum absolute atomic E-state index is 0.271. The van der Waals surface area contributed by atoms with Crippen LogP contribution in [-0.2, 0) is 0 Å². The molecule has 0 aliphatic rings. The van der Waals surface area contributed by atoms with E-state index in [1.165, 1.54) is 5.56 Å². The molecule has 2 unspecified atom stereocenters. The van der Waals surface area contributed by atoms with E-state index in [4.69, 9.17) is 0 Å². The maximum atomic E-state index is 9.19. The first-order valence-corrected chi connectivity index (χ1v) is 6.04. The first kappa shape index (κ1) is 13.0. The third-order valence-corrected chi connectivity index (χ3v) is 3.13. The maximum absolute atomic E-state index is 9.19. The van der Waals surface area contributed by atoms with E-state index in [-0.39, 0.29) is 6.61 Å². The van der Waals surface area contributed by atoms with Crippen LogP contribution in [0.4, 0.5) is 0 Å². The minimum Gasteiger partial charge on any atom is -0.396 e. The monoisotopic (exact) mass is 218 g/mol. The van der Waals surface area contributed by atoms with Crippen molar-refractivity contribution in [3.63, 3.8) is 0 Å². The van der Waals surface area contributed by atoms with Crippen molar-refractivity contribution in [2.75, 3.05) is 6.61 Å². The van der Waals surface area contributed by atoms with E-state index >= 15 is 0 Å². The van der Waals surface area contributed by atoms with E-state index in [0.29, 0.717) is 11.8 Å². The molecule has 0 fully saturated rings. The zero-order valence-corrected chi connectivity index (χ0v) is 10.1. The molecule has 0 saturated heterocycles. The molecule has 1 aromatic carbocycles. The van der Waals surface area contributed by atoms with E-state index in [1.54, 1.807) is 0 Å². The van der Waals surface area contributed by atoms with Crippen molar-refractivity contribution in [3.05, 3.63) is 48.6 Å².